The standard InChI is InChI=1S/C11H13N3O/c1-3-5-8(2)14-11(15)10-9(12)6-4-7-13-10/h1,4,6-8H,5,12H2,2H3,(H,14,15). The van der Waals surface area contributed by atoms with Gasteiger partial charge in [-0.15, -0.1) is 12.3 Å². The van der Waals surface area contributed by atoms with E-state index in [1.165, 1.54) is 6.20 Å². The fraction of sp³-hybridized carbons (Fsp3) is 0.273. The van der Waals surface area contributed by atoms with Crippen LogP contribution < -0.4 is 11.1 Å². The number of terminal acetylenes is 1. The number of anilines is 1. The van der Waals surface area contributed by atoms with E-state index in [0.29, 0.717) is 12.1 Å². The zero-order chi connectivity index (χ0) is 11.3. The molecule has 0 aromatic carbocycles. The van der Waals surface area contributed by atoms with Crippen LogP contribution in [0.2, 0.25) is 0 Å². The molecule has 0 saturated carbocycles. The van der Waals surface area contributed by atoms with Crippen molar-refractivity contribution in [3.05, 3.63) is 24.0 Å². The monoisotopic (exact) mass is 203 g/mol. The number of aromatic nitrogens is 1. The van der Waals surface area contributed by atoms with Crippen molar-refractivity contribution in [2.75, 3.05) is 5.73 Å². The van der Waals surface area contributed by atoms with E-state index in [1.54, 1.807) is 12.1 Å². The van der Waals surface area contributed by atoms with E-state index in [0.717, 1.165) is 0 Å². The number of hydrogen-bond donors (Lipinski definition) is 2. The van der Waals surface area contributed by atoms with E-state index in [2.05, 4.69) is 16.2 Å². The van der Waals surface area contributed by atoms with E-state index in [1.807, 2.05) is 6.92 Å². The van der Waals surface area contributed by atoms with Crippen LogP contribution in [0, 0.1) is 12.3 Å². The van der Waals surface area contributed by atoms with Gasteiger partial charge in [0.15, 0.2) is 5.69 Å². The van der Waals surface area contributed by atoms with Gasteiger partial charge < -0.3 is 11.1 Å². The molecule has 1 atom stereocenters. The van der Waals surface area contributed by atoms with Crippen molar-refractivity contribution in [3.63, 3.8) is 0 Å². The Hall–Kier alpha value is -2.02. The Kier molecular flexibility index (Phi) is 3.69. The molecule has 0 radical (unpaired) electrons. The number of rotatable bonds is 3. The number of amides is 1. The Bertz CT molecular complexity index is 395. The highest BCUT2D eigenvalue weighted by Gasteiger charge is 2.12. The third-order valence-electron chi connectivity index (χ3n) is 1.86. The number of carbonyl (C=O) groups is 1. The number of nitrogens with one attached hydrogen (secondary N) is 1. The maximum atomic E-state index is 11.6. The lowest BCUT2D eigenvalue weighted by Gasteiger charge is -2.11. The molecule has 1 aromatic rings. The minimum atomic E-state index is -0.296. The van der Waals surface area contributed by atoms with Crippen LogP contribution in [0.25, 0.3) is 0 Å². The van der Waals surface area contributed by atoms with Gasteiger partial charge >= 0.3 is 0 Å². The second-order valence-corrected chi connectivity index (χ2v) is 3.22. The molecule has 0 fully saturated rings. The van der Waals surface area contributed by atoms with E-state index in [9.17, 15) is 4.79 Å². The lowest BCUT2D eigenvalue weighted by Crippen LogP contribution is -2.33. The molecule has 0 saturated heterocycles. The Morgan fingerprint density at radius 1 is 1.80 bits per heavy atom. The molecule has 0 spiro atoms. The molecular weight excluding hydrogens is 190 g/mol. The summed E-state index contributed by atoms with van der Waals surface area (Å²) in [5.41, 5.74) is 6.21. The van der Waals surface area contributed by atoms with E-state index in [-0.39, 0.29) is 17.6 Å². The maximum Gasteiger partial charge on any atom is 0.272 e. The van der Waals surface area contributed by atoms with Gasteiger partial charge in [-0.05, 0) is 19.1 Å². The normalized spacial score (nSPS) is 11.5. The zero-order valence-corrected chi connectivity index (χ0v) is 8.53. The average molecular weight is 203 g/mol. The molecule has 0 aliphatic carbocycles. The summed E-state index contributed by atoms with van der Waals surface area (Å²) in [5.74, 6) is 2.18. The molecule has 0 bridgehead atoms. The number of hydrogen-bond acceptors (Lipinski definition) is 3. The minimum absolute atomic E-state index is 0.0797. The summed E-state index contributed by atoms with van der Waals surface area (Å²) in [7, 11) is 0. The predicted molar refractivity (Wildman–Crippen MR) is 59.0 cm³/mol. The molecule has 4 nitrogen and oxygen atoms in total. The fourth-order valence-corrected chi connectivity index (χ4v) is 1.13. The van der Waals surface area contributed by atoms with Gasteiger partial charge in [0.1, 0.15) is 0 Å². The van der Waals surface area contributed by atoms with Crippen molar-refractivity contribution in [3.8, 4) is 12.3 Å². The predicted octanol–water partition coefficient (Wildman–Crippen LogP) is 0.805. The first-order chi connectivity index (χ1) is 7.15. The molecule has 1 aromatic heterocycles. The van der Waals surface area contributed by atoms with Crippen LogP contribution in [-0.2, 0) is 0 Å². The first-order valence-corrected chi connectivity index (χ1v) is 4.60. The summed E-state index contributed by atoms with van der Waals surface area (Å²) in [5, 5.41) is 2.71. The van der Waals surface area contributed by atoms with Crippen molar-refractivity contribution in [2.24, 2.45) is 0 Å². The molecule has 15 heavy (non-hydrogen) atoms. The number of carbonyl (C=O) groups excluding carboxylic acids is 1. The Balaban J connectivity index is 2.70. The van der Waals surface area contributed by atoms with Crippen molar-refractivity contribution < 1.29 is 4.79 Å². The van der Waals surface area contributed by atoms with Gasteiger partial charge in [-0.1, -0.05) is 0 Å². The van der Waals surface area contributed by atoms with Gasteiger partial charge in [0.2, 0.25) is 0 Å². The molecule has 0 aliphatic heterocycles. The van der Waals surface area contributed by atoms with Crippen LogP contribution >= 0.6 is 0 Å². The first kappa shape index (κ1) is 11.1. The molecule has 1 heterocycles. The summed E-state index contributed by atoms with van der Waals surface area (Å²) in [4.78, 5) is 15.5. The second kappa shape index (κ2) is 5.01. The van der Waals surface area contributed by atoms with Crippen LogP contribution in [0.5, 0.6) is 0 Å². The summed E-state index contributed by atoms with van der Waals surface area (Å²) < 4.78 is 0. The van der Waals surface area contributed by atoms with Crippen molar-refractivity contribution >= 4 is 11.6 Å². The quantitative estimate of drug-likeness (QED) is 0.714. The molecule has 1 rings (SSSR count). The zero-order valence-electron chi connectivity index (χ0n) is 8.53. The van der Waals surface area contributed by atoms with Crippen LogP contribution in [-0.4, -0.2) is 16.9 Å². The Labute approximate surface area is 88.9 Å². The van der Waals surface area contributed by atoms with Crippen molar-refractivity contribution in [1.29, 1.82) is 0 Å². The number of nitrogens with two attached hydrogens (primary N) is 1. The molecule has 3 N–H and O–H groups in total. The van der Waals surface area contributed by atoms with E-state index < -0.39 is 0 Å². The molecule has 1 unspecified atom stereocenters. The van der Waals surface area contributed by atoms with Gasteiger partial charge in [0.25, 0.3) is 5.91 Å². The summed E-state index contributed by atoms with van der Waals surface area (Å²) >= 11 is 0. The van der Waals surface area contributed by atoms with Crippen LogP contribution in [0.1, 0.15) is 23.8 Å². The van der Waals surface area contributed by atoms with Gasteiger partial charge in [-0.2, -0.15) is 0 Å². The lowest BCUT2D eigenvalue weighted by atomic mass is 10.2. The summed E-state index contributed by atoms with van der Waals surface area (Å²) in [6, 6.07) is 3.23. The van der Waals surface area contributed by atoms with E-state index >= 15 is 0 Å². The second-order valence-electron chi connectivity index (χ2n) is 3.22. The van der Waals surface area contributed by atoms with Crippen molar-refractivity contribution in [1.82, 2.24) is 10.3 Å². The van der Waals surface area contributed by atoms with Gasteiger partial charge in [-0.25, -0.2) is 4.98 Å². The first-order valence-electron chi connectivity index (χ1n) is 4.60. The highest BCUT2D eigenvalue weighted by Crippen LogP contribution is 2.06. The third-order valence-corrected chi connectivity index (χ3v) is 1.86. The van der Waals surface area contributed by atoms with Crippen LogP contribution in [0.3, 0.4) is 0 Å². The third kappa shape index (κ3) is 2.99. The molecule has 1 amide bonds. The van der Waals surface area contributed by atoms with Crippen LogP contribution in [0.4, 0.5) is 5.69 Å². The number of pyridine rings is 1. The molecule has 78 valence electrons. The highest BCUT2D eigenvalue weighted by molar-refractivity contribution is 5.97. The maximum absolute atomic E-state index is 11.6. The fourth-order valence-electron chi connectivity index (χ4n) is 1.13. The van der Waals surface area contributed by atoms with Gasteiger partial charge in [0.05, 0.1) is 5.69 Å². The SMILES string of the molecule is C#CCC(C)NC(=O)c1ncccc1N. The Morgan fingerprint density at radius 2 is 2.53 bits per heavy atom. The summed E-state index contributed by atoms with van der Waals surface area (Å²) in [6.45, 7) is 1.83. The van der Waals surface area contributed by atoms with Crippen molar-refractivity contribution in [2.45, 2.75) is 19.4 Å². The topological polar surface area (TPSA) is 68.0 Å². The molecule has 4 heteroatoms. The van der Waals surface area contributed by atoms with Gasteiger partial charge in [0, 0.05) is 18.7 Å². The van der Waals surface area contributed by atoms with E-state index in [4.69, 9.17) is 12.2 Å². The molecular formula is C11H13N3O. The van der Waals surface area contributed by atoms with Crippen LogP contribution in [0.15, 0.2) is 18.3 Å². The Morgan fingerprint density at radius 3 is 3.13 bits per heavy atom. The summed E-state index contributed by atoms with van der Waals surface area (Å²) in [6.07, 6.45) is 7.14. The smallest absolute Gasteiger partial charge is 0.272 e. The average Bonchev–Trinajstić information content (AvgIpc) is 2.18. The van der Waals surface area contributed by atoms with Gasteiger partial charge in [-0.3, -0.25) is 4.79 Å². The highest BCUT2D eigenvalue weighted by atomic mass is 16.1. The largest absolute Gasteiger partial charge is 0.397 e. The molecule has 0 aliphatic rings. The lowest BCUT2D eigenvalue weighted by molar-refractivity contribution is 0.0937. The number of nitrogen functional groups attached to an aromatic ring is 1. The minimum Gasteiger partial charge on any atom is -0.397 e. The number of nitrogens with zero attached hydrogens (tertiary/aromatic N) is 1.